The molecule has 1 aromatic rings. The van der Waals surface area contributed by atoms with Crippen molar-refractivity contribution in [2.75, 3.05) is 21.3 Å². The van der Waals surface area contributed by atoms with Crippen molar-refractivity contribution in [3.05, 3.63) is 11.6 Å². The van der Waals surface area contributed by atoms with Crippen molar-refractivity contribution in [3.63, 3.8) is 0 Å². The van der Waals surface area contributed by atoms with Gasteiger partial charge in [0.15, 0.2) is 6.29 Å². The van der Waals surface area contributed by atoms with Gasteiger partial charge < -0.3 is 14.2 Å². The highest BCUT2D eigenvalue weighted by molar-refractivity contribution is 5.82. The highest BCUT2D eigenvalue weighted by atomic mass is 16.5. The van der Waals surface area contributed by atoms with Crippen molar-refractivity contribution in [1.29, 1.82) is 0 Å². The van der Waals surface area contributed by atoms with Crippen LogP contribution in [-0.4, -0.2) is 32.6 Å². The Labute approximate surface area is 81.6 Å². The van der Waals surface area contributed by atoms with Crippen LogP contribution in [0.1, 0.15) is 10.4 Å². The van der Waals surface area contributed by atoms with Crippen molar-refractivity contribution in [2.24, 2.45) is 0 Å². The van der Waals surface area contributed by atoms with Crippen molar-refractivity contribution >= 4 is 6.29 Å². The Hall–Kier alpha value is -1.78. The van der Waals surface area contributed by atoms with Crippen LogP contribution in [0.15, 0.2) is 6.07 Å². The lowest BCUT2D eigenvalue weighted by Crippen LogP contribution is -2.00. The molecule has 0 saturated heterocycles. The zero-order chi connectivity index (χ0) is 10.6. The van der Waals surface area contributed by atoms with E-state index in [0.717, 1.165) is 0 Å². The lowest BCUT2D eigenvalue weighted by atomic mass is 10.2. The van der Waals surface area contributed by atoms with Crippen LogP contribution in [0.25, 0.3) is 0 Å². The molecule has 0 radical (unpaired) electrons. The highest BCUT2D eigenvalue weighted by Crippen LogP contribution is 2.28. The zero-order valence-corrected chi connectivity index (χ0v) is 8.23. The van der Waals surface area contributed by atoms with Gasteiger partial charge >= 0.3 is 0 Å². The van der Waals surface area contributed by atoms with Crippen molar-refractivity contribution in [1.82, 2.24) is 4.98 Å². The number of ether oxygens (including phenoxy) is 3. The molecule has 0 atom stereocenters. The number of hydrogen-bond acceptors (Lipinski definition) is 5. The number of aldehydes is 1. The smallest absolute Gasteiger partial charge is 0.230 e. The molecule has 0 amide bonds. The lowest BCUT2D eigenvalue weighted by Gasteiger charge is -2.09. The third-order valence-electron chi connectivity index (χ3n) is 1.70. The second kappa shape index (κ2) is 4.45. The van der Waals surface area contributed by atoms with E-state index in [2.05, 4.69) is 4.98 Å². The van der Waals surface area contributed by atoms with E-state index in [9.17, 15) is 4.79 Å². The Bertz CT molecular complexity index is 313. The van der Waals surface area contributed by atoms with E-state index in [1.54, 1.807) is 0 Å². The van der Waals surface area contributed by atoms with E-state index in [-0.39, 0.29) is 11.4 Å². The van der Waals surface area contributed by atoms with Gasteiger partial charge in [-0.2, -0.15) is 4.98 Å². The van der Waals surface area contributed by atoms with Crippen molar-refractivity contribution in [3.8, 4) is 17.5 Å². The molecule has 0 unspecified atom stereocenters. The summed E-state index contributed by atoms with van der Waals surface area (Å²) in [6.45, 7) is 0. The molecule has 14 heavy (non-hydrogen) atoms. The number of methoxy groups -OCH3 is 3. The van der Waals surface area contributed by atoms with Crippen molar-refractivity contribution < 1.29 is 19.0 Å². The predicted octanol–water partition coefficient (Wildman–Crippen LogP) is 0.920. The zero-order valence-electron chi connectivity index (χ0n) is 8.23. The fraction of sp³-hybridized carbons (Fsp3) is 0.333. The molecule has 0 aliphatic carbocycles. The van der Waals surface area contributed by atoms with Gasteiger partial charge in [0.05, 0.1) is 21.3 Å². The van der Waals surface area contributed by atoms with Crippen LogP contribution in [0.2, 0.25) is 0 Å². The molecule has 76 valence electrons. The maximum absolute atomic E-state index is 10.7. The minimum atomic E-state index is 0.191. The monoisotopic (exact) mass is 197 g/mol. The number of nitrogens with zero attached hydrogens (tertiary/aromatic N) is 1. The summed E-state index contributed by atoms with van der Waals surface area (Å²) >= 11 is 0. The quantitative estimate of drug-likeness (QED) is 0.672. The first-order chi connectivity index (χ1) is 6.76. The van der Waals surface area contributed by atoms with Gasteiger partial charge in [-0.15, -0.1) is 0 Å². The first-order valence-corrected chi connectivity index (χ1v) is 3.89. The molecule has 0 aliphatic heterocycles. The number of carbonyl (C=O) groups excluding carboxylic acids is 1. The van der Waals surface area contributed by atoms with E-state index in [1.807, 2.05) is 0 Å². The van der Waals surface area contributed by atoms with E-state index >= 15 is 0 Å². The Morgan fingerprint density at radius 2 is 1.93 bits per heavy atom. The molecule has 5 nitrogen and oxygen atoms in total. The number of carbonyl (C=O) groups is 1. The molecule has 0 spiro atoms. The van der Waals surface area contributed by atoms with E-state index in [0.29, 0.717) is 17.9 Å². The topological polar surface area (TPSA) is 57.7 Å². The average Bonchev–Trinajstić information content (AvgIpc) is 2.26. The summed E-state index contributed by atoms with van der Waals surface area (Å²) < 4.78 is 14.8. The van der Waals surface area contributed by atoms with Crippen LogP contribution in [0, 0.1) is 0 Å². The molecule has 0 aliphatic rings. The molecule has 0 fully saturated rings. The van der Waals surface area contributed by atoms with E-state index in [4.69, 9.17) is 14.2 Å². The van der Waals surface area contributed by atoms with Gasteiger partial charge in [0.1, 0.15) is 11.3 Å². The van der Waals surface area contributed by atoms with Crippen LogP contribution in [0.5, 0.6) is 17.5 Å². The van der Waals surface area contributed by atoms with Gasteiger partial charge in [0.2, 0.25) is 11.8 Å². The summed E-state index contributed by atoms with van der Waals surface area (Å²) in [7, 11) is 4.36. The van der Waals surface area contributed by atoms with Crippen LogP contribution < -0.4 is 14.2 Å². The second-order valence-corrected chi connectivity index (χ2v) is 2.41. The summed E-state index contributed by atoms with van der Waals surface area (Å²) in [5.74, 6) is 0.907. The normalized spacial score (nSPS) is 9.36. The molecule has 0 N–H and O–H groups in total. The Morgan fingerprint density at radius 1 is 1.21 bits per heavy atom. The molecular formula is C9H11NO4. The predicted molar refractivity (Wildman–Crippen MR) is 49.3 cm³/mol. The average molecular weight is 197 g/mol. The van der Waals surface area contributed by atoms with E-state index in [1.165, 1.54) is 27.4 Å². The maximum Gasteiger partial charge on any atom is 0.230 e. The summed E-state index contributed by atoms with van der Waals surface area (Å²) in [5.41, 5.74) is 0.274. The lowest BCUT2D eigenvalue weighted by molar-refractivity contribution is 0.111. The molecule has 0 saturated carbocycles. The molecule has 1 rings (SSSR count). The molecule has 5 heteroatoms. The van der Waals surface area contributed by atoms with Gasteiger partial charge in [-0.05, 0) is 0 Å². The SMILES string of the molecule is COc1cc(OC)c(C=O)c(OC)n1. The minimum Gasteiger partial charge on any atom is -0.496 e. The molecule has 0 aromatic carbocycles. The third-order valence-corrected chi connectivity index (χ3v) is 1.70. The summed E-state index contributed by atoms with van der Waals surface area (Å²) in [5, 5.41) is 0. The van der Waals surface area contributed by atoms with Crippen LogP contribution in [0.4, 0.5) is 0 Å². The van der Waals surface area contributed by atoms with E-state index < -0.39 is 0 Å². The van der Waals surface area contributed by atoms with Crippen LogP contribution >= 0.6 is 0 Å². The number of rotatable bonds is 4. The highest BCUT2D eigenvalue weighted by Gasteiger charge is 2.13. The van der Waals surface area contributed by atoms with Crippen LogP contribution in [0.3, 0.4) is 0 Å². The van der Waals surface area contributed by atoms with Crippen molar-refractivity contribution in [2.45, 2.75) is 0 Å². The van der Waals surface area contributed by atoms with Gasteiger partial charge in [0.25, 0.3) is 0 Å². The van der Waals surface area contributed by atoms with Gasteiger partial charge in [-0.25, -0.2) is 0 Å². The Morgan fingerprint density at radius 3 is 2.36 bits per heavy atom. The standard InChI is InChI=1S/C9H11NO4/c1-12-7-4-8(13-2)10-9(14-3)6(7)5-11/h4-5H,1-3H3. The Kier molecular flexibility index (Phi) is 3.28. The molecule has 1 aromatic heterocycles. The third kappa shape index (κ3) is 1.76. The Balaban J connectivity index is 3.31. The fourth-order valence-corrected chi connectivity index (χ4v) is 1.03. The van der Waals surface area contributed by atoms with Gasteiger partial charge in [-0.1, -0.05) is 0 Å². The largest absolute Gasteiger partial charge is 0.496 e. The fourth-order valence-electron chi connectivity index (χ4n) is 1.03. The first kappa shape index (κ1) is 10.3. The molecular weight excluding hydrogens is 186 g/mol. The number of pyridine rings is 1. The van der Waals surface area contributed by atoms with Crippen LogP contribution in [-0.2, 0) is 0 Å². The second-order valence-electron chi connectivity index (χ2n) is 2.41. The van der Waals surface area contributed by atoms with Gasteiger partial charge in [0, 0.05) is 6.07 Å². The molecule has 0 bridgehead atoms. The number of aromatic nitrogens is 1. The first-order valence-electron chi connectivity index (χ1n) is 3.89. The summed E-state index contributed by atoms with van der Waals surface area (Å²) in [6, 6.07) is 1.52. The number of hydrogen-bond donors (Lipinski definition) is 0. The minimum absolute atomic E-state index is 0.191. The van der Waals surface area contributed by atoms with Gasteiger partial charge in [-0.3, -0.25) is 4.79 Å². The maximum atomic E-state index is 10.7. The summed E-state index contributed by atoms with van der Waals surface area (Å²) in [4.78, 5) is 14.7. The molecule has 1 heterocycles. The summed E-state index contributed by atoms with van der Waals surface area (Å²) in [6.07, 6.45) is 0.629.